The maximum atomic E-state index is 12.1. The third-order valence-electron chi connectivity index (χ3n) is 3.21. The summed E-state index contributed by atoms with van der Waals surface area (Å²) in [7, 11) is 5.81. The summed E-state index contributed by atoms with van der Waals surface area (Å²) in [6.07, 6.45) is 4.96. The van der Waals surface area contributed by atoms with Crippen molar-refractivity contribution in [2.45, 2.75) is 0 Å². The van der Waals surface area contributed by atoms with Gasteiger partial charge in [0.25, 0.3) is 0 Å². The minimum atomic E-state index is -0.552. The van der Waals surface area contributed by atoms with Gasteiger partial charge in [0.05, 0.1) is 46.0 Å². The summed E-state index contributed by atoms with van der Waals surface area (Å²) in [4.78, 5) is 20.6. The molecule has 2 rings (SSSR count). The van der Waals surface area contributed by atoms with Crippen LogP contribution in [-0.2, 0) is 4.74 Å². The lowest BCUT2D eigenvalue weighted by Gasteiger charge is -2.11. The quantitative estimate of drug-likeness (QED) is 0.753. The van der Waals surface area contributed by atoms with Gasteiger partial charge in [0, 0.05) is 6.07 Å². The first-order valence-corrected chi connectivity index (χ1v) is 7.02. The smallest absolute Gasteiger partial charge is 0.343 e. The number of carbonyl (C=O) groups is 1. The molecule has 0 fully saturated rings. The number of nitrogens with zero attached hydrogens (tertiary/aromatic N) is 2. The minimum Gasteiger partial charge on any atom is -0.496 e. The molecule has 7 nitrogen and oxygen atoms in total. The molecule has 2 heterocycles. The largest absolute Gasteiger partial charge is 0.496 e. The van der Waals surface area contributed by atoms with Gasteiger partial charge in [-0.3, -0.25) is 4.98 Å². The average Bonchev–Trinajstić information content (AvgIpc) is 2.65. The first-order chi connectivity index (χ1) is 11.6. The summed E-state index contributed by atoms with van der Waals surface area (Å²) in [6.45, 7) is 0. The van der Waals surface area contributed by atoms with Crippen LogP contribution < -0.4 is 14.2 Å². The monoisotopic (exact) mass is 330 g/mol. The van der Waals surface area contributed by atoms with Crippen molar-refractivity contribution in [3.05, 3.63) is 41.3 Å². The Hall–Kier alpha value is -3.09. The van der Waals surface area contributed by atoms with Gasteiger partial charge in [0.2, 0.25) is 5.88 Å². The van der Waals surface area contributed by atoms with Crippen molar-refractivity contribution in [3.8, 4) is 17.4 Å². The van der Waals surface area contributed by atoms with Gasteiger partial charge in [-0.1, -0.05) is 0 Å². The van der Waals surface area contributed by atoms with E-state index in [1.165, 1.54) is 27.4 Å². The number of hydrogen-bond acceptors (Lipinski definition) is 7. The first-order valence-electron chi connectivity index (χ1n) is 7.02. The van der Waals surface area contributed by atoms with Crippen LogP contribution in [0.2, 0.25) is 0 Å². The van der Waals surface area contributed by atoms with E-state index in [4.69, 9.17) is 18.9 Å². The van der Waals surface area contributed by atoms with E-state index in [0.717, 1.165) is 0 Å². The molecule has 0 bridgehead atoms. The van der Waals surface area contributed by atoms with Crippen molar-refractivity contribution in [1.29, 1.82) is 0 Å². The number of esters is 1. The lowest BCUT2D eigenvalue weighted by atomic mass is 10.1. The SMILES string of the molecule is COC(=O)c1c(OC)cc(OC)nc1/C=C/c1ccc(OC)cn1. The topological polar surface area (TPSA) is 79.8 Å². The molecule has 24 heavy (non-hydrogen) atoms. The summed E-state index contributed by atoms with van der Waals surface area (Å²) in [5.41, 5.74) is 1.25. The third-order valence-corrected chi connectivity index (χ3v) is 3.21. The van der Waals surface area contributed by atoms with Crippen LogP contribution in [0.15, 0.2) is 24.4 Å². The molecule has 0 spiro atoms. The van der Waals surface area contributed by atoms with Crippen LogP contribution >= 0.6 is 0 Å². The van der Waals surface area contributed by atoms with Gasteiger partial charge in [-0.25, -0.2) is 9.78 Å². The van der Waals surface area contributed by atoms with Crippen LogP contribution in [0.4, 0.5) is 0 Å². The highest BCUT2D eigenvalue weighted by atomic mass is 16.5. The van der Waals surface area contributed by atoms with E-state index in [1.807, 2.05) is 0 Å². The molecule has 0 amide bonds. The molecule has 7 heteroatoms. The number of aromatic nitrogens is 2. The van der Waals surface area contributed by atoms with Gasteiger partial charge < -0.3 is 18.9 Å². The highest BCUT2D eigenvalue weighted by Gasteiger charge is 2.20. The molecule has 0 aromatic carbocycles. The fourth-order valence-corrected chi connectivity index (χ4v) is 1.99. The highest BCUT2D eigenvalue weighted by Crippen LogP contribution is 2.28. The van der Waals surface area contributed by atoms with E-state index in [9.17, 15) is 4.79 Å². The molecule has 0 unspecified atom stereocenters. The normalized spacial score (nSPS) is 10.5. The molecule has 0 saturated heterocycles. The van der Waals surface area contributed by atoms with Gasteiger partial charge in [-0.15, -0.1) is 0 Å². The summed E-state index contributed by atoms with van der Waals surface area (Å²) < 4.78 is 20.3. The average molecular weight is 330 g/mol. The van der Waals surface area contributed by atoms with Crippen LogP contribution in [0.5, 0.6) is 17.4 Å². The van der Waals surface area contributed by atoms with Crippen molar-refractivity contribution in [3.63, 3.8) is 0 Å². The summed E-state index contributed by atoms with van der Waals surface area (Å²) in [6, 6.07) is 5.09. The number of rotatable bonds is 6. The maximum absolute atomic E-state index is 12.1. The minimum absolute atomic E-state index is 0.213. The molecule has 0 saturated carbocycles. The van der Waals surface area contributed by atoms with E-state index in [0.29, 0.717) is 28.8 Å². The molecule has 0 aliphatic carbocycles. The Labute approximate surface area is 139 Å². The predicted octanol–water partition coefficient (Wildman–Crippen LogP) is 2.46. The van der Waals surface area contributed by atoms with Crippen LogP contribution in [-0.4, -0.2) is 44.4 Å². The van der Waals surface area contributed by atoms with Crippen molar-refractivity contribution < 1.29 is 23.7 Å². The Bertz CT molecular complexity index is 741. The van der Waals surface area contributed by atoms with Crippen LogP contribution in [0, 0.1) is 0 Å². The van der Waals surface area contributed by atoms with Gasteiger partial charge in [-0.2, -0.15) is 0 Å². The molecule has 0 aliphatic heterocycles. The molecular formula is C17H18N2O5. The standard InChI is InChI=1S/C17H18N2O5/c1-21-12-7-5-11(18-10-12)6-8-13-16(17(20)24-4)14(22-2)9-15(19-13)23-3/h5-10H,1-4H3/b8-6+. The van der Waals surface area contributed by atoms with Gasteiger partial charge in [0.15, 0.2) is 0 Å². The molecule has 0 atom stereocenters. The second-order valence-electron chi connectivity index (χ2n) is 4.57. The van der Waals surface area contributed by atoms with E-state index >= 15 is 0 Å². The second kappa shape index (κ2) is 7.96. The highest BCUT2D eigenvalue weighted by molar-refractivity contribution is 5.97. The third kappa shape index (κ3) is 3.81. The molecule has 0 N–H and O–H groups in total. The van der Waals surface area contributed by atoms with E-state index in [-0.39, 0.29) is 5.56 Å². The summed E-state index contributed by atoms with van der Waals surface area (Å²) in [5, 5.41) is 0. The van der Waals surface area contributed by atoms with E-state index < -0.39 is 5.97 Å². The zero-order chi connectivity index (χ0) is 17.5. The molecule has 126 valence electrons. The number of carbonyl (C=O) groups excluding carboxylic acids is 1. The summed E-state index contributed by atoms with van der Waals surface area (Å²) in [5.74, 6) is 0.741. The van der Waals surface area contributed by atoms with Gasteiger partial charge in [0.1, 0.15) is 17.1 Å². The lowest BCUT2D eigenvalue weighted by Crippen LogP contribution is -2.09. The van der Waals surface area contributed by atoms with Crippen molar-refractivity contribution in [2.24, 2.45) is 0 Å². The number of ether oxygens (including phenoxy) is 4. The van der Waals surface area contributed by atoms with Crippen LogP contribution in [0.3, 0.4) is 0 Å². The van der Waals surface area contributed by atoms with Gasteiger partial charge >= 0.3 is 5.97 Å². The van der Waals surface area contributed by atoms with Crippen LogP contribution in [0.1, 0.15) is 21.7 Å². The number of pyridine rings is 2. The summed E-state index contributed by atoms with van der Waals surface area (Å²) >= 11 is 0. The Morgan fingerprint density at radius 1 is 1.04 bits per heavy atom. The van der Waals surface area contributed by atoms with Crippen molar-refractivity contribution in [2.75, 3.05) is 28.4 Å². The zero-order valence-electron chi connectivity index (χ0n) is 13.9. The fourth-order valence-electron chi connectivity index (χ4n) is 1.99. The Balaban J connectivity index is 2.45. The fraction of sp³-hybridized carbons (Fsp3) is 0.235. The molecule has 0 radical (unpaired) electrons. The molecular weight excluding hydrogens is 312 g/mol. The van der Waals surface area contributed by atoms with Crippen LogP contribution in [0.25, 0.3) is 12.2 Å². The zero-order valence-corrected chi connectivity index (χ0v) is 13.9. The number of hydrogen-bond donors (Lipinski definition) is 0. The molecule has 2 aromatic heterocycles. The van der Waals surface area contributed by atoms with Crippen molar-refractivity contribution >= 4 is 18.1 Å². The molecule has 0 aliphatic rings. The maximum Gasteiger partial charge on any atom is 0.343 e. The Morgan fingerprint density at radius 2 is 1.83 bits per heavy atom. The second-order valence-corrected chi connectivity index (χ2v) is 4.57. The lowest BCUT2D eigenvalue weighted by molar-refractivity contribution is 0.0596. The molecule has 2 aromatic rings. The predicted molar refractivity (Wildman–Crippen MR) is 88.4 cm³/mol. The van der Waals surface area contributed by atoms with E-state index in [2.05, 4.69) is 9.97 Å². The van der Waals surface area contributed by atoms with Gasteiger partial charge in [-0.05, 0) is 24.3 Å². The van der Waals surface area contributed by atoms with E-state index in [1.54, 1.807) is 37.6 Å². The first kappa shape index (κ1) is 17.3. The van der Waals surface area contributed by atoms with Crippen molar-refractivity contribution in [1.82, 2.24) is 9.97 Å². The Morgan fingerprint density at radius 3 is 2.38 bits per heavy atom. The Kier molecular flexibility index (Phi) is 5.73. The number of methoxy groups -OCH3 is 4.